The summed E-state index contributed by atoms with van der Waals surface area (Å²) in [6.07, 6.45) is 4.45. The molecule has 10 rings (SSSR count). The van der Waals surface area contributed by atoms with Gasteiger partial charge in [0.05, 0.1) is 41.6 Å². The minimum Gasteiger partial charge on any atom is -0.480 e. The third kappa shape index (κ3) is 7.56. The highest BCUT2D eigenvalue weighted by Gasteiger charge is 2.51. The van der Waals surface area contributed by atoms with Crippen molar-refractivity contribution >= 4 is 68.4 Å². The Labute approximate surface area is 368 Å². The lowest BCUT2D eigenvalue weighted by atomic mass is 9.86. The molecule has 2 amide bonds. The van der Waals surface area contributed by atoms with Crippen LogP contribution in [0.1, 0.15) is 68.0 Å². The molecule has 2 aromatic carbocycles. The Kier molecular flexibility index (Phi) is 10.5. The first kappa shape index (κ1) is 42.4. The van der Waals surface area contributed by atoms with E-state index in [1.165, 1.54) is 27.4 Å². The molecule has 0 radical (unpaired) electrons. The maximum Gasteiger partial charge on any atom is 0.301 e. The number of hydrogen-bond acceptors (Lipinski definition) is 11. The minimum atomic E-state index is -3.20. The molecule has 3 saturated heterocycles. The first-order valence-corrected chi connectivity index (χ1v) is 22.0. The number of likely N-dealkylation sites (tertiary alicyclic amines) is 1. The Balaban J connectivity index is 0.798. The molecule has 0 spiro atoms. The fraction of sp³-hybridized carbons (Fsp3) is 0.500. The van der Waals surface area contributed by atoms with Gasteiger partial charge in [0.1, 0.15) is 10.5 Å². The number of pyridine rings is 1. The van der Waals surface area contributed by atoms with E-state index >= 15 is 22.0 Å². The highest BCUT2D eigenvalue weighted by atomic mass is 35.5. The van der Waals surface area contributed by atoms with E-state index in [1.54, 1.807) is 37.4 Å². The Morgan fingerprint density at radius 3 is 2.47 bits per heavy atom. The van der Waals surface area contributed by atoms with Crippen LogP contribution in [0.15, 0.2) is 41.3 Å². The van der Waals surface area contributed by atoms with Crippen molar-refractivity contribution in [1.82, 2.24) is 34.5 Å². The maximum absolute atomic E-state index is 16.2. The van der Waals surface area contributed by atoms with Gasteiger partial charge in [0.2, 0.25) is 23.5 Å². The average Bonchev–Trinajstić information content (AvgIpc) is 4.06. The molecule has 3 unspecified atom stereocenters. The number of imide groups is 1. The summed E-state index contributed by atoms with van der Waals surface area (Å²) in [5.74, 6) is -9.41. The van der Waals surface area contributed by atoms with Gasteiger partial charge in [-0.15, -0.1) is 0 Å². The van der Waals surface area contributed by atoms with Gasteiger partial charge in [-0.05, 0) is 87.2 Å². The second kappa shape index (κ2) is 15.9. The molecule has 64 heavy (non-hydrogen) atoms. The van der Waals surface area contributed by atoms with Crippen LogP contribution >= 0.6 is 11.6 Å². The van der Waals surface area contributed by atoms with Crippen molar-refractivity contribution in [1.29, 1.82) is 0 Å². The minimum absolute atomic E-state index is 0.0594. The van der Waals surface area contributed by atoms with Crippen molar-refractivity contribution in [2.75, 3.05) is 54.9 Å². The molecule has 3 aromatic heterocycles. The standard InChI is InChI=1S/C44H46ClF5N10O4/c1-57-31-9-5-25(17-29(31)35-37(41(57)63)64-21-44(49,50)38(54-35)23-3-4-23)52-39-30(45)18-51-42(55-39)60-16-13-24(43(47,48)20-60)19-59-14-11-22(12-15-59)26-6-7-27-34(56-58(2)36(27)33(26)46)28-8-10-32(61)53-40(28)62/h5-7,9,17-18,22-24,28,38,54H,3-4,8,10-16,19-21H2,1-2H3,(H,51,52,55)(H,53,61,62). The summed E-state index contributed by atoms with van der Waals surface area (Å²) in [5.41, 5.74) is 1.83. The van der Waals surface area contributed by atoms with Crippen molar-refractivity contribution < 1.29 is 36.3 Å². The topological polar surface area (TPSA) is 152 Å². The number of alkyl halides is 4. The number of nitrogens with zero attached hydrogens (tertiary/aromatic N) is 7. The zero-order chi connectivity index (χ0) is 44.8. The Hall–Kier alpha value is -5.56. The van der Waals surface area contributed by atoms with Crippen LogP contribution in [0.5, 0.6) is 5.75 Å². The van der Waals surface area contributed by atoms with E-state index in [4.69, 9.17) is 16.3 Å². The number of benzene rings is 2. The molecule has 1 aliphatic carbocycles. The summed E-state index contributed by atoms with van der Waals surface area (Å²) in [4.78, 5) is 49.8. The summed E-state index contributed by atoms with van der Waals surface area (Å²) < 4.78 is 86.7. The highest BCUT2D eigenvalue weighted by molar-refractivity contribution is 6.33. The smallest absolute Gasteiger partial charge is 0.301 e. The summed E-state index contributed by atoms with van der Waals surface area (Å²) in [7, 11) is 3.17. The second-order valence-corrected chi connectivity index (χ2v) is 18.3. The van der Waals surface area contributed by atoms with Crippen LogP contribution in [-0.4, -0.2) is 98.2 Å². The number of anilines is 4. The Morgan fingerprint density at radius 1 is 0.953 bits per heavy atom. The Morgan fingerprint density at radius 2 is 1.73 bits per heavy atom. The third-order valence-corrected chi connectivity index (χ3v) is 14.0. The number of rotatable bonds is 8. The van der Waals surface area contributed by atoms with Crippen LogP contribution in [0.2, 0.25) is 5.02 Å². The molecule has 20 heteroatoms. The molecular formula is C44H46ClF5N10O4. The molecule has 5 aliphatic rings. The van der Waals surface area contributed by atoms with Gasteiger partial charge < -0.3 is 29.7 Å². The van der Waals surface area contributed by atoms with Crippen molar-refractivity contribution in [2.24, 2.45) is 25.9 Å². The van der Waals surface area contributed by atoms with Gasteiger partial charge in [-0.3, -0.25) is 24.4 Å². The molecule has 7 heterocycles. The summed E-state index contributed by atoms with van der Waals surface area (Å²) in [6.45, 7) is -0.0505. The van der Waals surface area contributed by atoms with Crippen molar-refractivity contribution in [3.05, 3.63) is 69.0 Å². The summed E-state index contributed by atoms with van der Waals surface area (Å²) in [5, 5.41) is 14.0. The second-order valence-electron chi connectivity index (χ2n) is 17.9. The number of fused-ring (bicyclic) bond motifs is 4. The van der Waals surface area contributed by atoms with Gasteiger partial charge in [0.15, 0.2) is 18.2 Å². The number of halogens is 6. The fourth-order valence-corrected chi connectivity index (χ4v) is 10.2. The van der Waals surface area contributed by atoms with Crippen molar-refractivity contribution in [3.8, 4) is 5.75 Å². The van der Waals surface area contributed by atoms with Crippen LogP contribution in [-0.2, 0) is 23.7 Å². The fourth-order valence-electron chi connectivity index (χ4n) is 10.0. The number of carbonyl (C=O) groups is 2. The average molecular weight is 909 g/mol. The summed E-state index contributed by atoms with van der Waals surface area (Å²) in [6, 6.07) is 7.34. The summed E-state index contributed by atoms with van der Waals surface area (Å²) >= 11 is 6.53. The van der Waals surface area contributed by atoms with Crippen LogP contribution in [0.3, 0.4) is 0 Å². The van der Waals surface area contributed by atoms with E-state index in [-0.39, 0.29) is 71.9 Å². The largest absolute Gasteiger partial charge is 0.480 e. The number of ether oxygens (including phenoxy) is 1. The van der Waals surface area contributed by atoms with Gasteiger partial charge in [-0.2, -0.15) is 10.1 Å². The van der Waals surface area contributed by atoms with Crippen LogP contribution in [0, 0.1) is 17.7 Å². The van der Waals surface area contributed by atoms with Gasteiger partial charge in [-0.25, -0.2) is 26.9 Å². The molecule has 3 N–H and O–H groups in total. The lowest BCUT2D eigenvalue weighted by Gasteiger charge is -2.41. The first-order valence-electron chi connectivity index (χ1n) is 21.6. The lowest BCUT2D eigenvalue weighted by molar-refractivity contribution is -0.134. The SMILES string of the molecule is Cn1nc(C2CCC(=O)NC2=O)c2ccc(C3CCN(CC4CCN(c5ncc(Cl)c(Nc6ccc7c(c6)c6c(c(=O)n7C)OCC(F)(F)C(C7CC7)N6)n5)CC4(F)F)CC3)c(F)c21. The lowest BCUT2D eigenvalue weighted by Crippen LogP contribution is -2.53. The van der Waals surface area contributed by atoms with Gasteiger partial charge in [0.25, 0.3) is 11.5 Å². The molecule has 4 aliphatic heterocycles. The zero-order valence-corrected chi connectivity index (χ0v) is 35.8. The molecule has 3 atom stereocenters. The monoisotopic (exact) mass is 908 g/mol. The molecular weight excluding hydrogens is 863 g/mol. The number of amides is 2. The van der Waals surface area contributed by atoms with E-state index in [2.05, 4.69) is 31.0 Å². The van der Waals surface area contributed by atoms with E-state index < -0.39 is 60.2 Å². The third-order valence-electron chi connectivity index (χ3n) is 13.7. The predicted molar refractivity (Wildman–Crippen MR) is 230 cm³/mol. The molecule has 14 nitrogen and oxygen atoms in total. The van der Waals surface area contributed by atoms with Crippen LogP contribution < -0.4 is 31.1 Å². The van der Waals surface area contributed by atoms with Crippen LogP contribution in [0.4, 0.5) is 45.1 Å². The molecule has 5 aromatic rings. The van der Waals surface area contributed by atoms with Crippen LogP contribution in [0.25, 0.3) is 21.8 Å². The number of carbonyl (C=O) groups excluding carboxylic acids is 2. The molecule has 338 valence electrons. The zero-order valence-electron chi connectivity index (χ0n) is 35.1. The Bertz CT molecular complexity index is 2770. The van der Waals surface area contributed by atoms with E-state index in [9.17, 15) is 14.4 Å². The number of piperidine rings is 3. The number of hydrogen-bond donors (Lipinski definition) is 3. The first-order chi connectivity index (χ1) is 30.6. The van der Waals surface area contributed by atoms with E-state index in [0.717, 1.165) is 0 Å². The van der Waals surface area contributed by atoms with E-state index in [0.29, 0.717) is 83.9 Å². The van der Waals surface area contributed by atoms with Crippen molar-refractivity contribution in [2.45, 2.75) is 74.7 Å². The van der Waals surface area contributed by atoms with Gasteiger partial charge in [-0.1, -0.05) is 23.7 Å². The van der Waals surface area contributed by atoms with Gasteiger partial charge in [0, 0.05) is 56.0 Å². The van der Waals surface area contributed by atoms with E-state index in [1.807, 2.05) is 4.90 Å². The van der Waals surface area contributed by atoms with Gasteiger partial charge >= 0.3 is 5.92 Å². The number of aryl methyl sites for hydroxylation is 2. The number of aromatic nitrogens is 5. The molecule has 4 fully saturated rings. The number of nitrogens with one attached hydrogen (secondary N) is 3. The quantitative estimate of drug-likeness (QED) is 0.111. The molecule has 0 bridgehead atoms. The van der Waals surface area contributed by atoms with Crippen molar-refractivity contribution in [3.63, 3.8) is 0 Å². The predicted octanol–water partition coefficient (Wildman–Crippen LogP) is 6.83. The maximum atomic E-state index is 16.2. The normalized spacial score (nSPS) is 23.9. The highest BCUT2D eigenvalue weighted by Crippen LogP contribution is 2.46. The molecule has 1 saturated carbocycles.